The highest BCUT2D eigenvalue weighted by atomic mass is 16.4. The maximum atomic E-state index is 11.6. The molecule has 1 amide bonds. The third-order valence-electron chi connectivity index (χ3n) is 2.86. The Labute approximate surface area is 110 Å². The molecule has 0 unspecified atom stereocenters. The van der Waals surface area contributed by atoms with Gasteiger partial charge in [-0.15, -0.1) is 0 Å². The van der Waals surface area contributed by atoms with E-state index in [2.05, 4.69) is 10.3 Å². The lowest BCUT2D eigenvalue weighted by Crippen LogP contribution is -2.38. The molecule has 0 saturated carbocycles. The summed E-state index contributed by atoms with van der Waals surface area (Å²) in [4.78, 5) is 26.4. The van der Waals surface area contributed by atoms with Crippen molar-refractivity contribution in [1.29, 1.82) is 0 Å². The molecule has 0 aliphatic carbocycles. The van der Waals surface area contributed by atoms with E-state index in [0.29, 0.717) is 6.54 Å². The lowest BCUT2D eigenvalue weighted by molar-refractivity contribution is -0.141. The SMILES string of the molecule is C[C@H](NC(=O)CCn1cnc2ccccc21)C(=O)O. The lowest BCUT2D eigenvalue weighted by Gasteiger charge is -2.09. The molecular formula is C13H15N3O3. The second-order valence-corrected chi connectivity index (χ2v) is 4.30. The van der Waals surface area contributed by atoms with Crippen molar-refractivity contribution in [3.8, 4) is 0 Å². The van der Waals surface area contributed by atoms with Crippen LogP contribution in [0.3, 0.4) is 0 Å². The molecule has 1 heterocycles. The molecule has 6 nitrogen and oxygen atoms in total. The van der Waals surface area contributed by atoms with E-state index in [4.69, 9.17) is 5.11 Å². The number of hydrogen-bond donors (Lipinski definition) is 2. The van der Waals surface area contributed by atoms with Crippen LogP contribution in [0.1, 0.15) is 13.3 Å². The van der Waals surface area contributed by atoms with Crippen LogP contribution in [-0.4, -0.2) is 32.6 Å². The first-order valence-electron chi connectivity index (χ1n) is 6.00. The number of fused-ring (bicyclic) bond motifs is 1. The van der Waals surface area contributed by atoms with Gasteiger partial charge in [-0.2, -0.15) is 0 Å². The van der Waals surface area contributed by atoms with E-state index >= 15 is 0 Å². The van der Waals surface area contributed by atoms with Crippen molar-refractivity contribution in [3.63, 3.8) is 0 Å². The Morgan fingerprint density at radius 2 is 2.16 bits per heavy atom. The standard InChI is InChI=1S/C13H15N3O3/c1-9(13(18)19)15-12(17)6-7-16-8-14-10-4-2-3-5-11(10)16/h2-5,8-9H,6-7H2,1H3,(H,15,17)(H,18,19)/t9-/m0/s1. The number of aryl methyl sites for hydroxylation is 1. The molecule has 0 spiro atoms. The molecule has 1 aromatic heterocycles. The number of hydrogen-bond acceptors (Lipinski definition) is 3. The maximum absolute atomic E-state index is 11.6. The molecular weight excluding hydrogens is 246 g/mol. The zero-order valence-corrected chi connectivity index (χ0v) is 10.5. The molecule has 0 fully saturated rings. The fourth-order valence-electron chi connectivity index (χ4n) is 1.79. The Morgan fingerprint density at radius 3 is 2.89 bits per heavy atom. The Balaban J connectivity index is 1.95. The van der Waals surface area contributed by atoms with Crippen molar-refractivity contribution < 1.29 is 14.7 Å². The van der Waals surface area contributed by atoms with E-state index in [-0.39, 0.29) is 12.3 Å². The Morgan fingerprint density at radius 1 is 1.42 bits per heavy atom. The van der Waals surface area contributed by atoms with Crippen LogP contribution in [-0.2, 0) is 16.1 Å². The summed E-state index contributed by atoms with van der Waals surface area (Å²) in [6.45, 7) is 1.91. The molecule has 0 aliphatic heterocycles. The van der Waals surface area contributed by atoms with Gasteiger partial charge in [-0.05, 0) is 19.1 Å². The highest BCUT2D eigenvalue weighted by Crippen LogP contribution is 2.11. The van der Waals surface area contributed by atoms with Crippen LogP contribution in [0.15, 0.2) is 30.6 Å². The Bertz CT molecular complexity index is 606. The van der Waals surface area contributed by atoms with Gasteiger partial charge in [0, 0.05) is 13.0 Å². The first kappa shape index (κ1) is 13.1. The Kier molecular flexibility index (Phi) is 3.79. The maximum Gasteiger partial charge on any atom is 0.325 e. The molecule has 0 radical (unpaired) electrons. The number of carbonyl (C=O) groups is 2. The summed E-state index contributed by atoms with van der Waals surface area (Å²) in [6.07, 6.45) is 1.90. The molecule has 2 aromatic rings. The second-order valence-electron chi connectivity index (χ2n) is 4.30. The average Bonchev–Trinajstić information content (AvgIpc) is 2.79. The fourth-order valence-corrected chi connectivity index (χ4v) is 1.79. The summed E-state index contributed by atoms with van der Waals surface area (Å²) in [5, 5.41) is 11.1. The minimum absolute atomic E-state index is 0.220. The van der Waals surface area contributed by atoms with Crippen molar-refractivity contribution in [2.45, 2.75) is 25.9 Å². The number of carboxylic acids is 1. The summed E-state index contributed by atoms with van der Waals surface area (Å²) in [5.74, 6) is -1.32. The third kappa shape index (κ3) is 3.09. The predicted molar refractivity (Wildman–Crippen MR) is 69.6 cm³/mol. The van der Waals surface area contributed by atoms with Gasteiger partial charge in [-0.25, -0.2) is 4.98 Å². The van der Waals surface area contributed by atoms with Gasteiger partial charge in [0.15, 0.2) is 0 Å². The summed E-state index contributed by atoms with van der Waals surface area (Å²) in [6, 6.07) is 6.78. The summed E-state index contributed by atoms with van der Waals surface area (Å²) in [5.41, 5.74) is 1.84. The number of aliphatic carboxylic acids is 1. The number of nitrogens with zero attached hydrogens (tertiary/aromatic N) is 2. The number of carboxylic acid groups (broad SMARTS) is 1. The monoisotopic (exact) mass is 261 g/mol. The molecule has 100 valence electrons. The number of nitrogens with one attached hydrogen (secondary N) is 1. The second kappa shape index (κ2) is 5.51. The number of rotatable bonds is 5. The number of para-hydroxylation sites is 2. The van der Waals surface area contributed by atoms with Crippen LogP contribution in [0.2, 0.25) is 0 Å². The highest BCUT2D eigenvalue weighted by Gasteiger charge is 2.13. The van der Waals surface area contributed by atoms with E-state index in [0.717, 1.165) is 11.0 Å². The first-order valence-corrected chi connectivity index (χ1v) is 6.00. The minimum atomic E-state index is -1.04. The third-order valence-corrected chi connectivity index (χ3v) is 2.86. The van der Waals surface area contributed by atoms with Gasteiger partial charge < -0.3 is 15.0 Å². The van der Waals surface area contributed by atoms with E-state index in [1.54, 1.807) is 6.33 Å². The minimum Gasteiger partial charge on any atom is -0.480 e. The zero-order chi connectivity index (χ0) is 13.8. The quantitative estimate of drug-likeness (QED) is 0.841. The van der Waals surface area contributed by atoms with Gasteiger partial charge in [-0.3, -0.25) is 9.59 Å². The van der Waals surface area contributed by atoms with Crippen LogP contribution in [0.25, 0.3) is 11.0 Å². The zero-order valence-electron chi connectivity index (χ0n) is 10.5. The predicted octanol–water partition coefficient (Wildman–Crippen LogP) is 1.02. The van der Waals surface area contributed by atoms with Gasteiger partial charge >= 0.3 is 5.97 Å². The first-order chi connectivity index (χ1) is 9.08. The molecule has 1 atom stereocenters. The normalized spacial score (nSPS) is 12.3. The van der Waals surface area contributed by atoms with Crippen molar-refractivity contribution in [1.82, 2.24) is 14.9 Å². The van der Waals surface area contributed by atoms with E-state index < -0.39 is 12.0 Å². The highest BCUT2D eigenvalue weighted by molar-refractivity contribution is 5.83. The molecule has 6 heteroatoms. The van der Waals surface area contributed by atoms with E-state index in [1.165, 1.54) is 6.92 Å². The van der Waals surface area contributed by atoms with Gasteiger partial charge in [0.05, 0.1) is 17.4 Å². The van der Waals surface area contributed by atoms with Crippen LogP contribution < -0.4 is 5.32 Å². The molecule has 0 aliphatic rings. The summed E-state index contributed by atoms with van der Waals surface area (Å²) >= 11 is 0. The number of benzene rings is 1. The molecule has 1 aromatic carbocycles. The van der Waals surface area contributed by atoms with Gasteiger partial charge in [0.1, 0.15) is 6.04 Å². The average molecular weight is 261 g/mol. The topological polar surface area (TPSA) is 84.2 Å². The Hall–Kier alpha value is -2.37. The summed E-state index contributed by atoms with van der Waals surface area (Å²) < 4.78 is 1.88. The molecule has 0 bridgehead atoms. The van der Waals surface area contributed by atoms with Crippen molar-refractivity contribution in [2.75, 3.05) is 0 Å². The lowest BCUT2D eigenvalue weighted by atomic mass is 10.3. The largest absolute Gasteiger partial charge is 0.480 e. The fraction of sp³-hybridized carbons (Fsp3) is 0.308. The number of amides is 1. The van der Waals surface area contributed by atoms with Crippen LogP contribution >= 0.6 is 0 Å². The van der Waals surface area contributed by atoms with Gasteiger partial charge in [0.2, 0.25) is 5.91 Å². The van der Waals surface area contributed by atoms with Crippen LogP contribution in [0.4, 0.5) is 0 Å². The van der Waals surface area contributed by atoms with Crippen LogP contribution in [0, 0.1) is 0 Å². The number of carbonyl (C=O) groups excluding carboxylic acids is 1. The van der Waals surface area contributed by atoms with Crippen molar-refractivity contribution >= 4 is 22.9 Å². The summed E-state index contributed by atoms with van der Waals surface area (Å²) in [7, 11) is 0. The van der Waals surface area contributed by atoms with Crippen molar-refractivity contribution in [3.05, 3.63) is 30.6 Å². The molecule has 2 N–H and O–H groups in total. The molecule has 19 heavy (non-hydrogen) atoms. The van der Waals surface area contributed by atoms with Gasteiger partial charge in [0.25, 0.3) is 0 Å². The van der Waals surface area contributed by atoms with E-state index in [1.807, 2.05) is 28.8 Å². The van der Waals surface area contributed by atoms with Crippen LogP contribution in [0.5, 0.6) is 0 Å². The molecule has 0 saturated heterocycles. The smallest absolute Gasteiger partial charge is 0.325 e. The van der Waals surface area contributed by atoms with E-state index in [9.17, 15) is 9.59 Å². The van der Waals surface area contributed by atoms with Crippen molar-refractivity contribution in [2.24, 2.45) is 0 Å². The van der Waals surface area contributed by atoms with Gasteiger partial charge in [-0.1, -0.05) is 12.1 Å². The number of aromatic nitrogens is 2. The number of imidazole rings is 1. The molecule has 2 rings (SSSR count).